The first-order valence-electron chi connectivity index (χ1n) is 5.33. The molecule has 0 spiro atoms. The molecule has 7 heteroatoms. The van der Waals surface area contributed by atoms with E-state index in [4.69, 9.17) is 23.2 Å². The summed E-state index contributed by atoms with van der Waals surface area (Å²) in [6.07, 6.45) is 0. The van der Waals surface area contributed by atoms with Crippen LogP contribution in [0.15, 0.2) is 34.8 Å². The topological polar surface area (TPSA) is 49.3 Å². The zero-order valence-corrected chi connectivity index (χ0v) is 12.9. The summed E-state index contributed by atoms with van der Waals surface area (Å²) in [5, 5.41) is 11.7. The largest absolute Gasteiger partial charge is 0.507 e. The lowest BCUT2D eigenvalue weighted by Gasteiger charge is -2.09. The van der Waals surface area contributed by atoms with Gasteiger partial charge in [-0.2, -0.15) is 0 Å². The van der Waals surface area contributed by atoms with Crippen molar-refractivity contribution in [3.8, 4) is 5.75 Å². The Morgan fingerprint density at radius 3 is 2.40 bits per heavy atom. The highest BCUT2D eigenvalue weighted by Gasteiger charge is 2.14. The maximum Gasteiger partial charge on any atom is 0.259 e. The lowest BCUT2D eigenvalue weighted by atomic mass is 10.2. The second-order valence-corrected chi connectivity index (χ2v) is 5.60. The fourth-order valence-corrected chi connectivity index (χ4v) is 2.36. The van der Waals surface area contributed by atoms with Gasteiger partial charge in [-0.05, 0) is 30.3 Å². The van der Waals surface area contributed by atoms with Crippen molar-refractivity contribution in [2.24, 2.45) is 0 Å². The van der Waals surface area contributed by atoms with E-state index >= 15 is 0 Å². The first-order valence-corrected chi connectivity index (χ1v) is 6.88. The van der Waals surface area contributed by atoms with Crippen molar-refractivity contribution in [1.82, 2.24) is 0 Å². The molecule has 2 aromatic carbocycles. The molecule has 2 aromatic rings. The van der Waals surface area contributed by atoms with E-state index in [1.807, 2.05) is 0 Å². The number of carbonyl (C=O) groups is 1. The van der Waals surface area contributed by atoms with Crippen LogP contribution in [-0.2, 0) is 0 Å². The number of carbonyl (C=O) groups excluding carboxylic acids is 1. The van der Waals surface area contributed by atoms with E-state index < -0.39 is 11.7 Å². The average molecular weight is 379 g/mol. The van der Waals surface area contributed by atoms with Gasteiger partial charge in [0.25, 0.3) is 5.91 Å². The summed E-state index contributed by atoms with van der Waals surface area (Å²) in [6, 6.07) is 6.89. The highest BCUT2D eigenvalue weighted by Crippen LogP contribution is 2.28. The van der Waals surface area contributed by atoms with Crippen LogP contribution in [0.5, 0.6) is 5.75 Å². The number of halogens is 4. The molecule has 0 saturated heterocycles. The van der Waals surface area contributed by atoms with Gasteiger partial charge in [-0.15, -0.1) is 0 Å². The minimum absolute atomic E-state index is 0.0657. The third-order valence-electron chi connectivity index (χ3n) is 2.44. The van der Waals surface area contributed by atoms with E-state index in [-0.39, 0.29) is 27.0 Å². The minimum atomic E-state index is -0.753. The van der Waals surface area contributed by atoms with Gasteiger partial charge in [0.05, 0.1) is 15.6 Å². The number of benzene rings is 2. The van der Waals surface area contributed by atoms with Gasteiger partial charge in [0, 0.05) is 10.2 Å². The van der Waals surface area contributed by atoms with Gasteiger partial charge < -0.3 is 10.4 Å². The molecule has 2 rings (SSSR count). The highest BCUT2D eigenvalue weighted by molar-refractivity contribution is 9.10. The van der Waals surface area contributed by atoms with E-state index in [1.165, 1.54) is 24.3 Å². The van der Waals surface area contributed by atoms with Crippen LogP contribution in [0.1, 0.15) is 10.4 Å². The molecule has 0 aliphatic carbocycles. The molecule has 0 radical (unpaired) electrons. The van der Waals surface area contributed by atoms with Crippen LogP contribution in [0.25, 0.3) is 0 Å². The number of phenolic OH excluding ortho intramolecular Hbond substituents is 1. The standard InChI is InChI=1S/C13H7BrCl2FNO2/c14-6-1-2-11(19)8(3-6)13(20)18-7-4-9(15)12(17)10(16)5-7/h1-5,19H,(H,18,20). The van der Waals surface area contributed by atoms with Crippen molar-refractivity contribution < 1.29 is 14.3 Å². The number of hydrogen-bond acceptors (Lipinski definition) is 2. The molecule has 0 aromatic heterocycles. The predicted octanol–water partition coefficient (Wildman–Crippen LogP) is 4.85. The number of hydrogen-bond donors (Lipinski definition) is 2. The molecule has 0 atom stereocenters. The number of aromatic hydroxyl groups is 1. The third kappa shape index (κ3) is 3.23. The van der Waals surface area contributed by atoms with Gasteiger partial charge >= 0.3 is 0 Å². The van der Waals surface area contributed by atoms with Crippen molar-refractivity contribution in [3.05, 3.63) is 56.2 Å². The molecule has 0 unspecified atom stereocenters. The van der Waals surface area contributed by atoms with E-state index in [0.29, 0.717) is 4.47 Å². The van der Waals surface area contributed by atoms with Gasteiger partial charge in [0.1, 0.15) is 5.75 Å². The number of phenols is 1. The Labute approximate surface area is 132 Å². The highest BCUT2D eigenvalue weighted by atomic mass is 79.9. The Kier molecular flexibility index (Phi) is 4.52. The summed E-state index contributed by atoms with van der Waals surface area (Å²) in [5.74, 6) is -1.50. The SMILES string of the molecule is O=C(Nc1cc(Cl)c(F)c(Cl)c1)c1cc(Br)ccc1O. The number of rotatable bonds is 2. The van der Waals surface area contributed by atoms with Crippen LogP contribution in [0, 0.1) is 5.82 Å². The molecule has 0 saturated carbocycles. The summed E-state index contributed by atoms with van der Waals surface area (Å²) in [5.41, 5.74) is 0.293. The molecule has 2 N–H and O–H groups in total. The van der Waals surface area contributed by atoms with Crippen LogP contribution in [-0.4, -0.2) is 11.0 Å². The molecule has 0 fully saturated rings. The van der Waals surface area contributed by atoms with E-state index in [1.54, 1.807) is 6.07 Å². The Balaban J connectivity index is 2.30. The summed E-state index contributed by atoms with van der Waals surface area (Å²) < 4.78 is 13.9. The summed E-state index contributed by atoms with van der Waals surface area (Å²) in [4.78, 5) is 12.0. The Morgan fingerprint density at radius 2 is 1.80 bits per heavy atom. The Morgan fingerprint density at radius 1 is 1.20 bits per heavy atom. The third-order valence-corrected chi connectivity index (χ3v) is 3.49. The Hall–Kier alpha value is -1.30. The van der Waals surface area contributed by atoms with Crippen molar-refractivity contribution in [2.75, 3.05) is 5.32 Å². The van der Waals surface area contributed by atoms with Crippen LogP contribution in [0.3, 0.4) is 0 Å². The summed E-state index contributed by atoms with van der Waals surface area (Å²) >= 11 is 14.5. The zero-order valence-electron chi connectivity index (χ0n) is 9.75. The minimum Gasteiger partial charge on any atom is -0.507 e. The van der Waals surface area contributed by atoms with Crippen LogP contribution >= 0.6 is 39.1 Å². The van der Waals surface area contributed by atoms with Crippen molar-refractivity contribution in [1.29, 1.82) is 0 Å². The lowest BCUT2D eigenvalue weighted by Crippen LogP contribution is -2.12. The number of amides is 1. The van der Waals surface area contributed by atoms with E-state index in [2.05, 4.69) is 21.2 Å². The maximum atomic E-state index is 13.3. The first kappa shape index (κ1) is 15.1. The molecule has 104 valence electrons. The first-order chi connectivity index (χ1) is 9.38. The Bertz CT molecular complexity index is 671. The van der Waals surface area contributed by atoms with E-state index in [0.717, 1.165) is 0 Å². The molecular weight excluding hydrogens is 372 g/mol. The lowest BCUT2D eigenvalue weighted by molar-refractivity contribution is 0.102. The molecule has 0 heterocycles. The van der Waals surface area contributed by atoms with Crippen molar-refractivity contribution in [3.63, 3.8) is 0 Å². The molecule has 3 nitrogen and oxygen atoms in total. The molecule has 0 aliphatic heterocycles. The van der Waals surface area contributed by atoms with Crippen LogP contribution in [0.4, 0.5) is 10.1 Å². The quantitative estimate of drug-likeness (QED) is 0.733. The number of nitrogens with one attached hydrogen (secondary N) is 1. The molecule has 0 aliphatic rings. The van der Waals surface area contributed by atoms with Crippen molar-refractivity contribution in [2.45, 2.75) is 0 Å². The fraction of sp³-hybridized carbons (Fsp3) is 0. The fourth-order valence-electron chi connectivity index (χ4n) is 1.52. The second-order valence-electron chi connectivity index (χ2n) is 3.87. The van der Waals surface area contributed by atoms with Gasteiger partial charge in [0.15, 0.2) is 5.82 Å². The molecular formula is C13H7BrCl2FNO2. The smallest absolute Gasteiger partial charge is 0.259 e. The normalized spacial score (nSPS) is 10.4. The van der Waals surface area contributed by atoms with Crippen LogP contribution < -0.4 is 5.32 Å². The molecule has 0 bridgehead atoms. The average Bonchev–Trinajstić information content (AvgIpc) is 2.38. The summed E-state index contributed by atoms with van der Waals surface area (Å²) in [7, 11) is 0. The van der Waals surface area contributed by atoms with Gasteiger partial charge in [-0.25, -0.2) is 4.39 Å². The van der Waals surface area contributed by atoms with E-state index in [9.17, 15) is 14.3 Å². The predicted molar refractivity (Wildman–Crippen MR) is 80.2 cm³/mol. The number of anilines is 1. The molecule has 20 heavy (non-hydrogen) atoms. The monoisotopic (exact) mass is 377 g/mol. The van der Waals surface area contributed by atoms with Gasteiger partial charge in [-0.3, -0.25) is 4.79 Å². The zero-order chi connectivity index (χ0) is 14.9. The second kappa shape index (κ2) is 5.99. The van der Waals surface area contributed by atoms with Crippen molar-refractivity contribution >= 4 is 50.7 Å². The maximum absolute atomic E-state index is 13.3. The summed E-state index contributed by atoms with van der Waals surface area (Å²) in [6.45, 7) is 0. The van der Waals surface area contributed by atoms with Gasteiger partial charge in [-0.1, -0.05) is 39.1 Å². The van der Waals surface area contributed by atoms with Crippen LogP contribution in [0.2, 0.25) is 10.0 Å². The molecule has 1 amide bonds. The van der Waals surface area contributed by atoms with Gasteiger partial charge in [0.2, 0.25) is 0 Å².